The van der Waals surface area contributed by atoms with Crippen LogP contribution in [0, 0.1) is 0 Å². The summed E-state index contributed by atoms with van der Waals surface area (Å²) in [4.78, 5) is 11.1. The molecule has 4 heteroatoms. The summed E-state index contributed by atoms with van der Waals surface area (Å²) in [6.07, 6.45) is 8.32. The van der Waals surface area contributed by atoms with Gasteiger partial charge in [-0.3, -0.25) is 0 Å². The topological polar surface area (TPSA) is 66.8 Å². The second kappa shape index (κ2) is 11.0. The first-order valence-electron chi connectivity index (χ1n) is 9.32. The molecule has 0 radical (unpaired) electrons. The number of phenols is 1. The Hall–Kier alpha value is -1.71. The summed E-state index contributed by atoms with van der Waals surface area (Å²) in [6, 6.07) is 2.06. The van der Waals surface area contributed by atoms with Crippen LogP contribution < -0.4 is 4.74 Å². The fraction of sp³-hybridized carbons (Fsp3) is 0.650. The molecule has 0 aromatic heterocycles. The van der Waals surface area contributed by atoms with Gasteiger partial charge in [-0.2, -0.15) is 0 Å². The van der Waals surface area contributed by atoms with Gasteiger partial charge in [-0.1, -0.05) is 52.5 Å². The summed E-state index contributed by atoms with van der Waals surface area (Å²) in [5, 5.41) is 19.7. The highest BCUT2D eigenvalue weighted by atomic mass is 16.7. The minimum absolute atomic E-state index is 0.0333. The fourth-order valence-electron chi connectivity index (χ4n) is 2.98. The summed E-state index contributed by atoms with van der Waals surface area (Å²) in [5.74, 6) is 0.177. The van der Waals surface area contributed by atoms with Crippen molar-refractivity contribution in [3.05, 3.63) is 22.8 Å². The van der Waals surface area contributed by atoms with Crippen molar-refractivity contribution in [2.24, 2.45) is 0 Å². The molecule has 2 N–H and O–H groups in total. The third-order valence-corrected chi connectivity index (χ3v) is 4.35. The van der Waals surface area contributed by atoms with Crippen LogP contribution in [0.1, 0.15) is 82.4 Å². The van der Waals surface area contributed by atoms with Gasteiger partial charge in [-0.05, 0) is 49.7 Å². The van der Waals surface area contributed by atoms with Crippen LogP contribution in [0.5, 0.6) is 11.5 Å². The number of aromatic hydroxyl groups is 1. The number of hydrogen-bond donors (Lipinski definition) is 2. The predicted octanol–water partition coefficient (Wildman–Crippen LogP) is 5.87. The van der Waals surface area contributed by atoms with Crippen molar-refractivity contribution < 1.29 is 19.7 Å². The van der Waals surface area contributed by atoms with Crippen molar-refractivity contribution in [1.29, 1.82) is 0 Å². The predicted molar refractivity (Wildman–Crippen MR) is 97.2 cm³/mol. The molecule has 1 aromatic carbocycles. The highest BCUT2D eigenvalue weighted by Crippen LogP contribution is 2.39. The van der Waals surface area contributed by atoms with E-state index in [2.05, 4.69) is 26.8 Å². The molecule has 0 aliphatic heterocycles. The molecule has 24 heavy (non-hydrogen) atoms. The molecule has 0 aliphatic rings. The van der Waals surface area contributed by atoms with Crippen molar-refractivity contribution >= 4 is 6.16 Å². The van der Waals surface area contributed by atoms with Gasteiger partial charge in [-0.15, -0.1) is 0 Å². The Balaban J connectivity index is 3.26. The maximum atomic E-state index is 11.1. The maximum Gasteiger partial charge on any atom is 0.511 e. The molecule has 0 unspecified atom stereocenters. The Morgan fingerprint density at radius 3 is 2.08 bits per heavy atom. The molecule has 0 fully saturated rings. The molecular weight excluding hydrogens is 304 g/mol. The van der Waals surface area contributed by atoms with Gasteiger partial charge in [0.05, 0.1) is 0 Å². The minimum atomic E-state index is -1.37. The number of ether oxygens (including phenoxy) is 1. The van der Waals surface area contributed by atoms with E-state index in [9.17, 15) is 9.90 Å². The van der Waals surface area contributed by atoms with E-state index in [-0.39, 0.29) is 11.5 Å². The van der Waals surface area contributed by atoms with E-state index in [0.29, 0.717) is 0 Å². The molecule has 1 aromatic rings. The van der Waals surface area contributed by atoms with Crippen molar-refractivity contribution in [3.8, 4) is 11.5 Å². The van der Waals surface area contributed by atoms with Crippen LogP contribution in [0.25, 0.3) is 0 Å². The van der Waals surface area contributed by atoms with Gasteiger partial charge in [0.25, 0.3) is 0 Å². The number of benzene rings is 1. The van der Waals surface area contributed by atoms with E-state index < -0.39 is 6.16 Å². The Morgan fingerprint density at radius 1 is 0.917 bits per heavy atom. The molecule has 0 heterocycles. The zero-order valence-corrected chi connectivity index (χ0v) is 15.4. The number of rotatable bonds is 11. The van der Waals surface area contributed by atoms with Gasteiger partial charge in [0.15, 0.2) is 11.5 Å². The fourth-order valence-corrected chi connectivity index (χ4v) is 2.98. The summed E-state index contributed by atoms with van der Waals surface area (Å²) in [5.41, 5.74) is 2.82. The molecule has 0 bridgehead atoms. The molecule has 0 aliphatic carbocycles. The van der Waals surface area contributed by atoms with Crippen LogP contribution in [0.3, 0.4) is 0 Å². The first-order chi connectivity index (χ1) is 11.5. The van der Waals surface area contributed by atoms with E-state index in [1.807, 2.05) is 0 Å². The summed E-state index contributed by atoms with van der Waals surface area (Å²) < 4.78 is 4.95. The number of aryl methyl sites for hydroxylation is 2. The van der Waals surface area contributed by atoms with Crippen LogP contribution in [0.4, 0.5) is 4.79 Å². The smallest absolute Gasteiger partial charge is 0.504 e. The third kappa shape index (κ3) is 6.06. The lowest BCUT2D eigenvalue weighted by Crippen LogP contribution is -2.08. The normalized spacial score (nSPS) is 10.8. The molecule has 0 saturated heterocycles. The Labute approximate surface area is 145 Å². The van der Waals surface area contributed by atoms with Crippen molar-refractivity contribution in [3.63, 3.8) is 0 Å². The Morgan fingerprint density at radius 2 is 1.50 bits per heavy atom. The van der Waals surface area contributed by atoms with Crippen molar-refractivity contribution in [2.75, 3.05) is 0 Å². The summed E-state index contributed by atoms with van der Waals surface area (Å²) >= 11 is 0. The largest absolute Gasteiger partial charge is 0.511 e. The molecule has 1 rings (SSSR count). The number of carboxylic acid groups (broad SMARTS) is 1. The van der Waals surface area contributed by atoms with Gasteiger partial charge in [0.2, 0.25) is 0 Å². The third-order valence-electron chi connectivity index (χ3n) is 4.35. The first-order valence-corrected chi connectivity index (χ1v) is 9.32. The zero-order chi connectivity index (χ0) is 17.9. The van der Waals surface area contributed by atoms with Gasteiger partial charge < -0.3 is 14.9 Å². The summed E-state index contributed by atoms with van der Waals surface area (Å²) in [7, 11) is 0. The average molecular weight is 336 g/mol. The van der Waals surface area contributed by atoms with Crippen LogP contribution in [-0.4, -0.2) is 16.4 Å². The second-order valence-electron chi connectivity index (χ2n) is 6.38. The molecule has 0 spiro atoms. The molecule has 0 saturated carbocycles. The lowest BCUT2D eigenvalue weighted by Gasteiger charge is -2.18. The number of unbranched alkanes of at least 4 members (excludes halogenated alkanes) is 4. The minimum Gasteiger partial charge on any atom is -0.504 e. The highest BCUT2D eigenvalue weighted by Gasteiger charge is 2.20. The van der Waals surface area contributed by atoms with E-state index in [0.717, 1.165) is 80.9 Å². The average Bonchev–Trinajstić information content (AvgIpc) is 2.55. The molecule has 4 nitrogen and oxygen atoms in total. The van der Waals surface area contributed by atoms with Crippen LogP contribution in [-0.2, 0) is 19.3 Å². The van der Waals surface area contributed by atoms with E-state index in [1.165, 1.54) is 0 Å². The van der Waals surface area contributed by atoms with Gasteiger partial charge in [0, 0.05) is 5.56 Å². The van der Waals surface area contributed by atoms with E-state index >= 15 is 0 Å². The lowest BCUT2D eigenvalue weighted by atomic mass is 9.92. The van der Waals surface area contributed by atoms with E-state index in [1.54, 1.807) is 0 Å². The van der Waals surface area contributed by atoms with Crippen LogP contribution >= 0.6 is 0 Å². The zero-order valence-electron chi connectivity index (χ0n) is 15.4. The van der Waals surface area contributed by atoms with Crippen LogP contribution in [0.2, 0.25) is 0 Å². The quantitative estimate of drug-likeness (QED) is 0.301. The SMILES string of the molecule is CCCCCc1cc(CCCC)c(CCCC)c(O)c1OC(=O)O. The van der Waals surface area contributed by atoms with Crippen LogP contribution in [0.15, 0.2) is 6.07 Å². The van der Waals surface area contributed by atoms with Gasteiger partial charge >= 0.3 is 6.16 Å². The highest BCUT2D eigenvalue weighted by molar-refractivity contribution is 5.66. The molecule has 0 amide bonds. The number of hydrogen-bond acceptors (Lipinski definition) is 3. The van der Waals surface area contributed by atoms with Gasteiger partial charge in [0.1, 0.15) is 0 Å². The van der Waals surface area contributed by atoms with Crippen molar-refractivity contribution in [2.45, 2.75) is 85.0 Å². The first kappa shape index (κ1) is 20.3. The summed E-state index contributed by atoms with van der Waals surface area (Å²) in [6.45, 7) is 6.39. The van der Waals surface area contributed by atoms with Crippen molar-refractivity contribution in [1.82, 2.24) is 0 Å². The lowest BCUT2D eigenvalue weighted by molar-refractivity contribution is 0.142. The molecule has 136 valence electrons. The number of carbonyl (C=O) groups is 1. The maximum absolute atomic E-state index is 11.1. The van der Waals surface area contributed by atoms with E-state index in [4.69, 9.17) is 9.84 Å². The standard InChI is InChI=1S/C20H32O4/c1-4-7-10-12-16-14-15(11-8-5-2)17(13-9-6-3)18(21)19(16)24-20(22)23/h14,21H,4-13H2,1-3H3,(H,22,23). The molecule has 0 atom stereocenters. The number of phenolic OH excluding ortho intramolecular Hbond substituents is 1. The van der Waals surface area contributed by atoms with Gasteiger partial charge in [-0.25, -0.2) is 4.79 Å². The monoisotopic (exact) mass is 336 g/mol. The second-order valence-corrected chi connectivity index (χ2v) is 6.38. The Kier molecular flexibility index (Phi) is 9.28. The Bertz CT molecular complexity index is 523. The molecular formula is C20H32O4.